The quantitative estimate of drug-likeness (QED) is 0.568. The fourth-order valence-electron chi connectivity index (χ4n) is 1.51. The predicted octanol–water partition coefficient (Wildman–Crippen LogP) is -0.922. The molecule has 14 heavy (non-hydrogen) atoms. The van der Waals surface area contributed by atoms with Crippen LogP contribution in [0.5, 0.6) is 0 Å². The topological polar surface area (TPSA) is 87.0 Å². The molecule has 6 heteroatoms. The lowest BCUT2D eigenvalue weighted by Gasteiger charge is -2.36. The van der Waals surface area contributed by atoms with E-state index in [1.165, 1.54) is 6.33 Å². The zero-order valence-corrected chi connectivity index (χ0v) is 7.95. The highest BCUT2D eigenvalue weighted by molar-refractivity contribution is 5.59. The Morgan fingerprint density at radius 3 is 3.07 bits per heavy atom. The van der Waals surface area contributed by atoms with Gasteiger partial charge in [0, 0.05) is 13.1 Å². The largest absolute Gasteiger partial charge is 0.391 e. The summed E-state index contributed by atoms with van der Waals surface area (Å²) in [6.07, 6.45) is 1.35. The number of hydrogen-bond donors (Lipinski definition) is 3. The van der Waals surface area contributed by atoms with Gasteiger partial charge in [-0.3, -0.25) is 4.79 Å². The second kappa shape index (κ2) is 3.30. The number of aromatic amines is 1. The number of H-pyrrole nitrogens is 1. The van der Waals surface area contributed by atoms with Crippen molar-refractivity contribution in [3.8, 4) is 0 Å². The maximum atomic E-state index is 11.1. The van der Waals surface area contributed by atoms with Crippen molar-refractivity contribution in [3.63, 3.8) is 0 Å². The normalized spacial score (nSPS) is 17.8. The summed E-state index contributed by atoms with van der Waals surface area (Å²) in [5, 5.41) is 3.12. The Hall–Kier alpha value is -1.56. The average molecular weight is 195 g/mol. The molecule has 0 radical (unpaired) electrons. The van der Waals surface area contributed by atoms with Gasteiger partial charge in [0.1, 0.15) is 5.69 Å². The molecule has 0 aromatic carbocycles. The molecule has 2 heterocycles. The first-order valence-electron chi connectivity index (χ1n) is 4.45. The molecule has 0 unspecified atom stereocenters. The Balaban J connectivity index is 2.10. The van der Waals surface area contributed by atoms with Crippen molar-refractivity contribution in [3.05, 3.63) is 16.7 Å². The van der Waals surface area contributed by atoms with Crippen LogP contribution in [0.3, 0.4) is 0 Å². The zero-order chi connectivity index (χ0) is 10.1. The molecule has 0 amide bonds. The Kier molecular flexibility index (Phi) is 2.12. The molecule has 0 saturated carbocycles. The van der Waals surface area contributed by atoms with Gasteiger partial charge in [0.25, 0.3) is 5.56 Å². The van der Waals surface area contributed by atoms with Crippen LogP contribution in [0.4, 0.5) is 11.5 Å². The zero-order valence-electron chi connectivity index (χ0n) is 7.95. The monoisotopic (exact) mass is 195 g/mol. The maximum Gasteiger partial charge on any atom is 0.276 e. The van der Waals surface area contributed by atoms with Gasteiger partial charge in [-0.2, -0.15) is 0 Å². The van der Waals surface area contributed by atoms with E-state index in [2.05, 4.69) is 20.2 Å². The molecule has 1 aromatic rings. The van der Waals surface area contributed by atoms with Crippen molar-refractivity contribution < 1.29 is 0 Å². The van der Waals surface area contributed by atoms with Gasteiger partial charge >= 0.3 is 0 Å². The van der Waals surface area contributed by atoms with E-state index in [-0.39, 0.29) is 11.2 Å². The Bertz CT molecular complexity index is 382. The average Bonchev–Trinajstić information content (AvgIpc) is 2.10. The summed E-state index contributed by atoms with van der Waals surface area (Å²) in [6, 6.07) is 0.344. The lowest BCUT2D eigenvalue weighted by atomic mass is 10.1. The summed E-state index contributed by atoms with van der Waals surface area (Å²) < 4.78 is 0. The van der Waals surface area contributed by atoms with E-state index < -0.39 is 0 Å². The maximum absolute atomic E-state index is 11.1. The molecule has 1 saturated heterocycles. The number of likely N-dealkylation sites (N-methyl/N-ethyl adjacent to an activating group) is 1. The minimum absolute atomic E-state index is 0.155. The molecule has 1 aromatic heterocycles. The first-order valence-corrected chi connectivity index (χ1v) is 4.45. The van der Waals surface area contributed by atoms with Crippen molar-refractivity contribution in [1.29, 1.82) is 0 Å². The minimum Gasteiger partial charge on any atom is -0.391 e. The minimum atomic E-state index is -0.296. The number of nitrogens with two attached hydrogens (primary N) is 1. The number of anilines is 2. The number of likely N-dealkylation sites (tertiary alicyclic amines) is 1. The predicted molar refractivity (Wildman–Crippen MR) is 54.2 cm³/mol. The summed E-state index contributed by atoms with van der Waals surface area (Å²) in [5.41, 5.74) is 5.42. The van der Waals surface area contributed by atoms with E-state index in [4.69, 9.17) is 5.73 Å². The number of nitrogens with zero attached hydrogens (tertiary/aromatic N) is 2. The number of rotatable bonds is 2. The van der Waals surface area contributed by atoms with Crippen molar-refractivity contribution >= 4 is 11.5 Å². The summed E-state index contributed by atoms with van der Waals surface area (Å²) in [6.45, 7) is 1.90. The molecule has 0 aliphatic carbocycles. The van der Waals surface area contributed by atoms with Gasteiger partial charge in [-0.05, 0) is 7.05 Å². The van der Waals surface area contributed by atoms with E-state index in [1.807, 2.05) is 7.05 Å². The van der Waals surface area contributed by atoms with E-state index in [9.17, 15) is 4.79 Å². The second-order valence-corrected chi connectivity index (χ2v) is 3.56. The van der Waals surface area contributed by atoms with E-state index >= 15 is 0 Å². The highest BCUT2D eigenvalue weighted by Crippen LogP contribution is 2.13. The lowest BCUT2D eigenvalue weighted by Crippen LogP contribution is -2.52. The van der Waals surface area contributed by atoms with Crippen LogP contribution in [0, 0.1) is 0 Å². The van der Waals surface area contributed by atoms with Crippen molar-refractivity contribution in [1.82, 2.24) is 14.9 Å². The van der Waals surface area contributed by atoms with Crippen LogP contribution in [0.15, 0.2) is 11.1 Å². The van der Waals surface area contributed by atoms with Crippen LogP contribution < -0.4 is 16.6 Å². The molecular formula is C8H13N5O. The van der Waals surface area contributed by atoms with Gasteiger partial charge in [-0.25, -0.2) is 4.98 Å². The molecule has 1 fully saturated rings. The van der Waals surface area contributed by atoms with Gasteiger partial charge < -0.3 is 20.9 Å². The number of aromatic nitrogens is 2. The van der Waals surface area contributed by atoms with Crippen LogP contribution >= 0.6 is 0 Å². The van der Waals surface area contributed by atoms with Gasteiger partial charge in [-0.15, -0.1) is 0 Å². The third-order valence-electron chi connectivity index (χ3n) is 2.29. The standard InChI is InChI=1S/C8H13N5O/c1-13-2-5(3-13)12-7-6(9)8(14)11-4-10-7/h4-5H,2-3,9H2,1H3,(H2,10,11,12,14). The first-order chi connectivity index (χ1) is 6.66. The molecule has 1 aliphatic heterocycles. The summed E-state index contributed by atoms with van der Waals surface area (Å²) in [5.74, 6) is 0.479. The van der Waals surface area contributed by atoms with Crippen LogP contribution in [0.2, 0.25) is 0 Å². The molecule has 4 N–H and O–H groups in total. The summed E-state index contributed by atoms with van der Waals surface area (Å²) in [7, 11) is 2.03. The molecule has 0 bridgehead atoms. The fraction of sp³-hybridized carbons (Fsp3) is 0.500. The number of hydrogen-bond acceptors (Lipinski definition) is 5. The van der Waals surface area contributed by atoms with Gasteiger partial charge in [0.15, 0.2) is 5.82 Å². The molecule has 76 valence electrons. The van der Waals surface area contributed by atoms with Crippen LogP contribution in [0.1, 0.15) is 0 Å². The SMILES string of the molecule is CN1CC(Nc2nc[nH]c(=O)c2N)C1. The Morgan fingerprint density at radius 1 is 1.71 bits per heavy atom. The lowest BCUT2D eigenvalue weighted by molar-refractivity contribution is 0.205. The molecule has 0 spiro atoms. The third kappa shape index (κ3) is 1.56. The highest BCUT2D eigenvalue weighted by atomic mass is 16.1. The second-order valence-electron chi connectivity index (χ2n) is 3.56. The van der Waals surface area contributed by atoms with E-state index in [0.717, 1.165) is 13.1 Å². The third-order valence-corrected chi connectivity index (χ3v) is 2.29. The van der Waals surface area contributed by atoms with E-state index in [0.29, 0.717) is 11.9 Å². The van der Waals surface area contributed by atoms with Crippen LogP contribution in [-0.4, -0.2) is 41.0 Å². The van der Waals surface area contributed by atoms with Gasteiger partial charge in [-0.1, -0.05) is 0 Å². The Labute approximate surface area is 81.1 Å². The van der Waals surface area contributed by atoms with Gasteiger partial charge in [0.05, 0.1) is 12.4 Å². The summed E-state index contributed by atoms with van der Waals surface area (Å²) >= 11 is 0. The van der Waals surface area contributed by atoms with E-state index in [1.54, 1.807) is 0 Å². The van der Waals surface area contributed by atoms with Gasteiger partial charge in [0.2, 0.25) is 0 Å². The van der Waals surface area contributed by atoms with Crippen LogP contribution in [-0.2, 0) is 0 Å². The highest BCUT2D eigenvalue weighted by Gasteiger charge is 2.23. The Morgan fingerprint density at radius 2 is 2.43 bits per heavy atom. The molecule has 6 nitrogen and oxygen atoms in total. The first kappa shape index (κ1) is 9.01. The molecule has 0 atom stereocenters. The van der Waals surface area contributed by atoms with Crippen molar-refractivity contribution in [2.45, 2.75) is 6.04 Å². The number of nitrogens with one attached hydrogen (secondary N) is 2. The van der Waals surface area contributed by atoms with Crippen molar-refractivity contribution in [2.75, 3.05) is 31.2 Å². The number of nitrogen functional groups attached to an aromatic ring is 1. The van der Waals surface area contributed by atoms with Crippen LogP contribution in [0.25, 0.3) is 0 Å². The smallest absolute Gasteiger partial charge is 0.276 e. The molecule has 2 rings (SSSR count). The fourth-order valence-corrected chi connectivity index (χ4v) is 1.51. The summed E-state index contributed by atoms with van der Waals surface area (Å²) in [4.78, 5) is 19.7. The van der Waals surface area contributed by atoms with Crippen molar-refractivity contribution in [2.24, 2.45) is 0 Å². The molecule has 1 aliphatic rings. The molecular weight excluding hydrogens is 182 g/mol.